The number of halogens is 3. The smallest absolute Gasteiger partial charge is 0.416 e. The van der Waals surface area contributed by atoms with E-state index in [2.05, 4.69) is 0 Å². The van der Waals surface area contributed by atoms with Gasteiger partial charge in [0, 0.05) is 0 Å². The van der Waals surface area contributed by atoms with Gasteiger partial charge in [0.2, 0.25) is 0 Å². The van der Waals surface area contributed by atoms with E-state index < -0.39 is 17.7 Å². The Labute approximate surface area is 189 Å². The Morgan fingerprint density at radius 2 is 1.70 bits per heavy atom. The van der Waals surface area contributed by atoms with E-state index >= 15 is 0 Å². The number of ether oxygens (including phenoxy) is 2. The molecule has 0 heterocycles. The van der Waals surface area contributed by atoms with Crippen LogP contribution in [0.5, 0.6) is 17.2 Å². The molecule has 0 saturated heterocycles. The molecule has 3 aromatic carbocycles. The highest BCUT2D eigenvalue weighted by Crippen LogP contribution is 2.35. The summed E-state index contributed by atoms with van der Waals surface area (Å²) >= 11 is 0. The summed E-state index contributed by atoms with van der Waals surface area (Å²) in [4.78, 5) is 11.1. The minimum absolute atomic E-state index is 0.102. The van der Waals surface area contributed by atoms with Crippen LogP contribution in [0.1, 0.15) is 27.8 Å². The molecule has 0 aliphatic carbocycles. The Morgan fingerprint density at radius 3 is 2.36 bits per heavy atom. The summed E-state index contributed by atoms with van der Waals surface area (Å²) in [5.41, 5.74) is 2.28. The van der Waals surface area contributed by atoms with Crippen molar-refractivity contribution in [3.05, 3.63) is 94.6 Å². The van der Waals surface area contributed by atoms with Crippen LogP contribution in [0.25, 0.3) is 6.08 Å². The molecule has 0 amide bonds. The number of alkyl halides is 3. The second-order valence-corrected chi connectivity index (χ2v) is 7.50. The maximum absolute atomic E-state index is 12.7. The first-order valence-electron chi connectivity index (χ1n) is 10.2. The van der Waals surface area contributed by atoms with Crippen molar-refractivity contribution in [3.63, 3.8) is 0 Å². The van der Waals surface area contributed by atoms with Crippen LogP contribution < -0.4 is 9.47 Å². The van der Waals surface area contributed by atoms with Crippen LogP contribution >= 0.6 is 0 Å². The van der Waals surface area contributed by atoms with Crippen LogP contribution in [-0.4, -0.2) is 17.7 Å². The molecule has 0 bridgehead atoms. The molecule has 3 aromatic rings. The van der Waals surface area contributed by atoms with Crippen molar-refractivity contribution in [2.45, 2.75) is 26.4 Å². The van der Waals surface area contributed by atoms with Crippen molar-refractivity contribution >= 4 is 12.0 Å². The molecule has 1 N–H and O–H groups in total. The summed E-state index contributed by atoms with van der Waals surface area (Å²) in [6.07, 6.45) is -1.09. The van der Waals surface area contributed by atoms with E-state index in [0.29, 0.717) is 28.4 Å². The molecular formula is C26H23F3O4. The lowest BCUT2D eigenvalue weighted by molar-refractivity contribution is -0.138. The molecule has 0 unspecified atom stereocenters. The number of aryl methyl sites for hydroxylation is 1. The predicted molar refractivity (Wildman–Crippen MR) is 120 cm³/mol. The summed E-state index contributed by atoms with van der Waals surface area (Å²) in [5.74, 6) is 0.575. The van der Waals surface area contributed by atoms with Crippen molar-refractivity contribution in [1.29, 1.82) is 0 Å². The fourth-order valence-corrected chi connectivity index (χ4v) is 3.16. The van der Waals surface area contributed by atoms with Crippen LogP contribution in [0, 0.1) is 13.8 Å². The molecule has 0 aliphatic rings. The van der Waals surface area contributed by atoms with E-state index in [1.54, 1.807) is 43.3 Å². The van der Waals surface area contributed by atoms with E-state index in [-0.39, 0.29) is 13.0 Å². The van der Waals surface area contributed by atoms with Gasteiger partial charge in [0.25, 0.3) is 0 Å². The Balaban J connectivity index is 1.71. The van der Waals surface area contributed by atoms with E-state index in [1.165, 1.54) is 12.1 Å². The second-order valence-electron chi connectivity index (χ2n) is 7.50. The van der Waals surface area contributed by atoms with Gasteiger partial charge in [-0.3, -0.25) is 4.79 Å². The van der Waals surface area contributed by atoms with Crippen molar-refractivity contribution in [2.24, 2.45) is 0 Å². The standard InChI is InChI=1S/C26H23F3O4/c1-17-8-13-23(33-22-7-3-6-20(18(22)2)16-25(30)31)24(15-17)32-14-4-5-19-9-11-21(12-10-19)26(27,28)29/h3-13,15H,14,16H2,1-2H3,(H,30,31)/b5-4+. The SMILES string of the molecule is Cc1ccc(Oc2cccc(CC(=O)O)c2C)c(OC/C=C/c2ccc(C(F)(F)F)cc2)c1. The zero-order valence-electron chi connectivity index (χ0n) is 18.1. The lowest BCUT2D eigenvalue weighted by Crippen LogP contribution is -2.04. The first kappa shape index (κ1) is 23.9. The molecular weight excluding hydrogens is 433 g/mol. The van der Waals surface area contributed by atoms with Gasteiger partial charge >= 0.3 is 12.1 Å². The first-order valence-corrected chi connectivity index (χ1v) is 10.2. The number of rotatable bonds is 8. The number of hydrogen-bond donors (Lipinski definition) is 1. The fourth-order valence-electron chi connectivity index (χ4n) is 3.16. The Hall–Kier alpha value is -3.74. The highest BCUT2D eigenvalue weighted by molar-refractivity contribution is 5.71. The zero-order chi connectivity index (χ0) is 24.0. The van der Waals surface area contributed by atoms with Crippen molar-refractivity contribution in [3.8, 4) is 17.2 Å². The number of aliphatic carboxylic acids is 1. The molecule has 0 atom stereocenters. The highest BCUT2D eigenvalue weighted by atomic mass is 19.4. The van der Waals surface area contributed by atoms with E-state index in [4.69, 9.17) is 14.6 Å². The lowest BCUT2D eigenvalue weighted by atomic mass is 10.0. The second kappa shape index (κ2) is 10.3. The van der Waals surface area contributed by atoms with Crippen molar-refractivity contribution in [1.82, 2.24) is 0 Å². The van der Waals surface area contributed by atoms with Crippen LogP contribution in [0.15, 0.2) is 66.7 Å². The van der Waals surface area contributed by atoms with Gasteiger partial charge in [-0.05, 0) is 72.5 Å². The maximum atomic E-state index is 12.7. The van der Waals surface area contributed by atoms with Crippen molar-refractivity contribution < 1.29 is 32.5 Å². The van der Waals surface area contributed by atoms with Gasteiger partial charge in [0.1, 0.15) is 12.4 Å². The molecule has 0 saturated carbocycles. The van der Waals surface area contributed by atoms with Gasteiger partial charge < -0.3 is 14.6 Å². The van der Waals surface area contributed by atoms with Gasteiger partial charge in [-0.1, -0.05) is 36.4 Å². The van der Waals surface area contributed by atoms with Gasteiger partial charge in [0.15, 0.2) is 11.5 Å². The van der Waals surface area contributed by atoms with Crippen LogP contribution in [0.2, 0.25) is 0 Å². The fraction of sp³-hybridized carbons (Fsp3) is 0.192. The molecule has 4 nitrogen and oxygen atoms in total. The van der Waals surface area contributed by atoms with E-state index in [1.807, 2.05) is 19.1 Å². The predicted octanol–water partition coefficient (Wildman–Crippen LogP) is 6.83. The summed E-state index contributed by atoms with van der Waals surface area (Å²) in [6, 6.07) is 15.6. The minimum Gasteiger partial charge on any atom is -0.486 e. The average Bonchev–Trinajstić information content (AvgIpc) is 2.75. The molecule has 172 valence electrons. The lowest BCUT2D eigenvalue weighted by Gasteiger charge is -2.15. The molecule has 0 fully saturated rings. The summed E-state index contributed by atoms with van der Waals surface area (Å²) in [5, 5.41) is 9.08. The first-order chi connectivity index (χ1) is 15.6. The Morgan fingerprint density at radius 1 is 0.970 bits per heavy atom. The number of carboxylic acids is 1. The van der Waals surface area contributed by atoms with E-state index in [0.717, 1.165) is 23.3 Å². The number of carbonyl (C=O) groups is 1. The maximum Gasteiger partial charge on any atom is 0.416 e. The third kappa shape index (κ3) is 6.62. The summed E-state index contributed by atoms with van der Waals surface area (Å²) in [6.45, 7) is 3.89. The molecule has 0 radical (unpaired) electrons. The number of carboxylic acid groups (broad SMARTS) is 1. The summed E-state index contributed by atoms with van der Waals surface area (Å²) < 4.78 is 49.9. The summed E-state index contributed by atoms with van der Waals surface area (Å²) in [7, 11) is 0. The molecule has 7 heteroatoms. The largest absolute Gasteiger partial charge is 0.486 e. The molecule has 0 aromatic heterocycles. The third-order valence-electron chi connectivity index (χ3n) is 4.94. The highest BCUT2D eigenvalue weighted by Gasteiger charge is 2.29. The van der Waals surface area contributed by atoms with Crippen LogP contribution in [0.3, 0.4) is 0 Å². The minimum atomic E-state index is -4.36. The topological polar surface area (TPSA) is 55.8 Å². The zero-order valence-corrected chi connectivity index (χ0v) is 18.1. The Bertz CT molecular complexity index is 1150. The monoisotopic (exact) mass is 456 g/mol. The van der Waals surface area contributed by atoms with Crippen LogP contribution in [0.4, 0.5) is 13.2 Å². The van der Waals surface area contributed by atoms with Gasteiger partial charge in [-0.25, -0.2) is 0 Å². The normalized spacial score (nSPS) is 11.5. The van der Waals surface area contributed by atoms with Gasteiger partial charge in [-0.15, -0.1) is 0 Å². The Kier molecular flexibility index (Phi) is 7.43. The van der Waals surface area contributed by atoms with Gasteiger partial charge in [-0.2, -0.15) is 13.2 Å². The molecule has 33 heavy (non-hydrogen) atoms. The van der Waals surface area contributed by atoms with E-state index in [9.17, 15) is 18.0 Å². The molecule has 3 rings (SSSR count). The van der Waals surface area contributed by atoms with Crippen molar-refractivity contribution in [2.75, 3.05) is 6.61 Å². The number of hydrogen-bond acceptors (Lipinski definition) is 3. The molecule has 0 spiro atoms. The average molecular weight is 456 g/mol. The van der Waals surface area contributed by atoms with Crippen LogP contribution in [-0.2, 0) is 17.4 Å². The number of benzene rings is 3. The molecule has 0 aliphatic heterocycles. The quantitative estimate of drug-likeness (QED) is 0.404. The third-order valence-corrected chi connectivity index (χ3v) is 4.94. The van der Waals surface area contributed by atoms with Gasteiger partial charge in [0.05, 0.1) is 12.0 Å².